The molecule has 1 atom stereocenters. The highest BCUT2D eigenvalue weighted by molar-refractivity contribution is 5.74. The van der Waals surface area contributed by atoms with Crippen LogP contribution in [-0.2, 0) is 9.53 Å². The molecule has 2 N–H and O–H groups in total. The van der Waals surface area contributed by atoms with Crippen LogP contribution < -0.4 is 5.32 Å². The van der Waals surface area contributed by atoms with Gasteiger partial charge in [-0.05, 0) is 50.9 Å². The monoisotopic (exact) mass is 326 g/mol. The van der Waals surface area contributed by atoms with Crippen molar-refractivity contribution in [3.63, 3.8) is 0 Å². The summed E-state index contributed by atoms with van der Waals surface area (Å²) in [6.45, 7) is 4.13. The largest absolute Gasteiger partial charge is 0.481 e. The molecule has 0 bridgehead atoms. The van der Waals surface area contributed by atoms with Crippen molar-refractivity contribution in [2.24, 2.45) is 5.92 Å². The van der Waals surface area contributed by atoms with Gasteiger partial charge in [0, 0.05) is 32.2 Å². The normalized spacial score (nSPS) is 27.6. The van der Waals surface area contributed by atoms with Crippen molar-refractivity contribution in [3.8, 4) is 0 Å². The lowest BCUT2D eigenvalue weighted by Gasteiger charge is -2.37. The molecule has 0 aromatic carbocycles. The molecule has 2 fully saturated rings. The maximum absolute atomic E-state index is 12.6. The Labute approximate surface area is 138 Å². The van der Waals surface area contributed by atoms with Crippen LogP contribution in [0.5, 0.6) is 0 Å². The molecule has 1 saturated carbocycles. The third-order valence-electron chi connectivity index (χ3n) is 4.95. The van der Waals surface area contributed by atoms with Crippen LogP contribution in [0.2, 0.25) is 0 Å². The second-order valence-electron chi connectivity index (χ2n) is 6.93. The van der Waals surface area contributed by atoms with E-state index >= 15 is 0 Å². The number of hydrogen-bond acceptors (Lipinski definition) is 3. The Morgan fingerprint density at radius 2 is 1.96 bits per heavy atom. The Morgan fingerprint density at radius 1 is 1.22 bits per heavy atom. The average molecular weight is 326 g/mol. The molecule has 1 aliphatic heterocycles. The van der Waals surface area contributed by atoms with E-state index in [0.29, 0.717) is 19.5 Å². The zero-order chi connectivity index (χ0) is 16.7. The molecule has 0 aromatic heterocycles. The fourth-order valence-electron chi connectivity index (χ4n) is 3.50. The number of carboxylic acid groups (broad SMARTS) is 1. The van der Waals surface area contributed by atoms with Gasteiger partial charge in [-0.25, -0.2) is 4.79 Å². The van der Waals surface area contributed by atoms with Gasteiger partial charge in [-0.3, -0.25) is 4.79 Å². The van der Waals surface area contributed by atoms with Crippen LogP contribution in [0.15, 0.2) is 0 Å². The number of aliphatic carboxylic acids is 1. The highest BCUT2D eigenvalue weighted by Gasteiger charge is 2.30. The maximum atomic E-state index is 12.6. The minimum atomic E-state index is -0.822. The van der Waals surface area contributed by atoms with Gasteiger partial charge in [0.15, 0.2) is 0 Å². The van der Waals surface area contributed by atoms with Crippen molar-refractivity contribution < 1.29 is 19.4 Å². The molecule has 0 radical (unpaired) electrons. The summed E-state index contributed by atoms with van der Waals surface area (Å²) in [6.07, 6.45) is 7.24. The first-order valence-electron chi connectivity index (χ1n) is 8.94. The minimum Gasteiger partial charge on any atom is -0.481 e. The van der Waals surface area contributed by atoms with Crippen LogP contribution in [-0.4, -0.2) is 53.8 Å². The van der Waals surface area contributed by atoms with Crippen molar-refractivity contribution in [2.75, 3.05) is 19.7 Å². The third kappa shape index (κ3) is 6.01. The second kappa shape index (κ2) is 9.11. The molecule has 2 amide bonds. The number of carboxylic acids is 1. The molecule has 2 aliphatic rings. The van der Waals surface area contributed by atoms with E-state index in [1.807, 2.05) is 4.90 Å². The van der Waals surface area contributed by atoms with Crippen molar-refractivity contribution in [2.45, 2.75) is 70.4 Å². The Kier molecular flexibility index (Phi) is 7.15. The number of amides is 2. The van der Waals surface area contributed by atoms with Gasteiger partial charge in [-0.2, -0.15) is 0 Å². The minimum absolute atomic E-state index is 0.0644. The maximum Gasteiger partial charge on any atom is 0.317 e. The first kappa shape index (κ1) is 18.0. The standard InChI is InChI=1S/C17H30N2O4/c1-13-6-8-14(9-7-13)19(12-15-4-3-11-23-15)17(22)18-10-2-5-16(20)21/h13-15H,2-12H2,1H3,(H,18,22)(H,20,21). The van der Waals surface area contributed by atoms with Gasteiger partial charge in [0.25, 0.3) is 0 Å². The first-order valence-corrected chi connectivity index (χ1v) is 8.94. The van der Waals surface area contributed by atoms with Crippen LogP contribution in [0, 0.1) is 5.92 Å². The zero-order valence-corrected chi connectivity index (χ0v) is 14.1. The highest BCUT2D eigenvalue weighted by atomic mass is 16.5. The molecule has 23 heavy (non-hydrogen) atoms. The van der Waals surface area contributed by atoms with Gasteiger partial charge >= 0.3 is 12.0 Å². The molecule has 132 valence electrons. The topological polar surface area (TPSA) is 78.9 Å². The van der Waals surface area contributed by atoms with Crippen LogP contribution in [0.25, 0.3) is 0 Å². The SMILES string of the molecule is CC1CCC(N(CC2CCCO2)C(=O)NCCCC(=O)O)CC1. The van der Waals surface area contributed by atoms with E-state index in [9.17, 15) is 9.59 Å². The zero-order valence-electron chi connectivity index (χ0n) is 14.1. The molecule has 0 spiro atoms. The van der Waals surface area contributed by atoms with Gasteiger partial charge in [-0.1, -0.05) is 6.92 Å². The van der Waals surface area contributed by atoms with Gasteiger partial charge < -0.3 is 20.1 Å². The van der Waals surface area contributed by atoms with E-state index in [0.717, 1.165) is 38.2 Å². The lowest BCUT2D eigenvalue weighted by molar-refractivity contribution is -0.137. The number of urea groups is 1. The summed E-state index contributed by atoms with van der Waals surface area (Å²) in [5.41, 5.74) is 0. The summed E-state index contributed by atoms with van der Waals surface area (Å²) in [7, 11) is 0. The molecule has 1 saturated heterocycles. The summed E-state index contributed by atoms with van der Waals surface area (Å²) >= 11 is 0. The Hall–Kier alpha value is -1.30. The molecular weight excluding hydrogens is 296 g/mol. The molecule has 6 nitrogen and oxygen atoms in total. The number of carbonyl (C=O) groups excluding carboxylic acids is 1. The summed E-state index contributed by atoms with van der Waals surface area (Å²) in [4.78, 5) is 25.1. The van der Waals surface area contributed by atoms with Gasteiger partial charge in [0.1, 0.15) is 0 Å². The molecule has 1 heterocycles. The number of hydrogen-bond donors (Lipinski definition) is 2. The fraction of sp³-hybridized carbons (Fsp3) is 0.882. The Morgan fingerprint density at radius 3 is 2.57 bits per heavy atom. The number of ether oxygens (including phenoxy) is 1. The van der Waals surface area contributed by atoms with Crippen molar-refractivity contribution in [1.29, 1.82) is 0 Å². The van der Waals surface area contributed by atoms with Crippen LogP contribution in [0.4, 0.5) is 4.79 Å². The summed E-state index contributed by atoms with van der Waals surface area (Å²) < 4.78 is 5.70. The number of rotatable bonds is 7. The molecule has 1 unspecified atom stereocenters. The van der Waals surface area contributed by atoms with E-state index in [4.69, 9.17) is 9.84 Å². The third-order valence-corrected chi connectivity index (χ3v) is 4.95. The van der Waals surface area contributed by atoms with Crippen LogP contribution >= 0.6 is 0 Å². The number of nitrogens with zero attached hydrogens (tertiary/aromatic N) is 1. The summed E-state index contributed by atoms with van der Waals surface area (Å²) in [6, 6.07) is 0.223. The predicted molar refractivity (Wildman–Crippen MR) is 87.4 cm³/mol. The predicted octanol–water partition coefficient (Wildman–Crippen LogP) is 2.62. The smallest absolute Gasteiger partial charge is 0.317 e. The Bertz CT molecular complexity index is 388. The van der Waals surface area contributed by atoms with Crippen molar-refractivity contribution in [3.05, 3.63) is 0 Å². The van der Waals surface area contributed by atoms with Crippen molar-refractivity contribution in [1.82, 2.24) is 10.2 Å². The lowest BCUT2D eigenvalue weighted by Crippen LogP contribution is -2.50. The average Bonchev–Trinajstić information content (AvgIpc) is 3.03. The highest BCUT2D eigenvalue weighted by Crippen LogP contribution is 2.28. The molecule has 1 aliphatic carbocycles. The number of nitrogens with one attached hydrogen (secondary N) is 1. The van der Waals surface area contributed by atoms with Crippen molar-refractivity contribution >= 4 is 12.0 Å². The first-order chi connectivity index (χ1) is 11.1. The summed E-state index contributed by atoms with van der Waals surface area (Å²) in [5.74, 6) is -0.0776. The Balaban J connectivity index is 1.86. The van der Waals surface area contributed by atoms with E-state index in [1.165, 1.54) is 12.8 Å². The van der Waals surface area contributed by atoms with E-state index in [-0.39, 0.29) is 24.6 Å². The van der Waals surface area contributed by atoms with Gasteiger partial charge in [0.05, 0.1) is 6.10 Å². The van der Waals surface area contributed by atoms with Gasteiger partial charge in [-0.15, -0.1) is 0 Å². The fourth-order valence-corrected chi connectivity index (χ4v) is 3.50. The van der Waals surface area contributed by atoms with E-state index < -0.39 is 5.97 Å². The van der Waals surface area contributed by atoms with Gasteiger partial charge in [0.2, 0.25) is 0 Å². The molecule has 2 rings (SSSR count). The number of carbonyl (C=O) groups is 2. The molecular formula is C17H30N2O4. The molecule has 6 heteroatoms. The lowest BCUT2D eigenvalue weighted by atomic mass is 9.86. The van der Waals surface area contributed by atoms with E-state index in [2.05, 4.69) is 12.2 Å². The second-order valence-corrected chi connectivity index (χ2v) is 6.93. The van der Waals surface area contributed by atoms with Crippen LogP contribution in [0.1, 0.15) is 58.3 Å². The van der Waals surface area contributed by atoms with E-state index in [1.54, 1.807) is 0 Å². The molecule has 0 aromatic rings. The van der Waals surface area contributed by atoms with Crippen LogP contribution in [0.3, 0.4) is 0 Å². The summed E-state index contributed by atoms with van der Waals surface area (Å²) in [5, 5.41) is 11.6. The quantitative estimate of drug-likeness (QED) is 0.705.